The third-order valence-corrected chi connectivity index (χ3v) is 3.26. The summed E-state index contributed by atoms with van der Waals surface area (Å²) in [6, 6.07) is 2.01. The first-order chi connectivity index (χ1) is 7.97. The lowest BCUT2D eigenvalue weighted by atomic mass is 10.1. The van der Waals surface area contributed by atoms with Gasteiger partial charge in [0.2, 0.25) is 0 Å². The normalized spacial score (nSPS) is 18.5. The molecule has 0 spiro atoms. The summed E-state index contributed by atoms with van der Waals surface area (Å²) in [5.74, 6) is 0.768. The lowest BCUT2D eigenvalue weighted by Gasteiger charge is -2.25. The van der Waals surface area contributed by atoms with Crippen molar-refractivity contribution >= 4 is 5.82 Å². The first-order valence-corrected chi connectivity index (χ1v) is 6.54. The van der Waals surface area contributed by atoms with Crippen LogP contribution in [0.3, 0.4) is 0 Å². The van der Waals surface area contributed by atoms with Crippen LogP contribution in [-0.4, -0.2) is 27.8 Å². The summed E-state index contributed by atoms with van der Waals surface area (Å²) in [5.41, 5.74) is 7.07. The van der Waals surface area contributed by atoms with Gasteiger partial charge in [-0.25, -0.2) is 4.68 Å². The number of nitrogens with two attached hydrogens (primary N) is 1. The van der Waals surface area contributed by atoms with E-state index in [4.69, 9.17) is 5.73 Å². The Hall–Kier alpha value is -1.03. The number of hydrogen-bond acceptors (Lipinski definition) is 3. The molecule has 1 fully saturated rings. The van der Waals surface area contributed by atoms with Gasteiger partial charge in [-0.05, 0) is 46.7 Å². The molecule has 0 aliphatic carbocycles. The van der Waals surface area contributed by atoms with Gasteiger partial charge in [0.15, 0.2) is 0 Å². The van der Waals surface area contributed by atoms with E-state index in [9.17, 15) is 0 Å². The minimum Gasteiger partial charge on any atom is -0.384 e. The fourth-order valence-electron chi connectivity index (χ4n) is 2.41. The second-order valence-electron chi connectivity index (χ2n) is 5.98. The number of hydrogen-bond donors (Lipinski definition) is 1. The van der Waals surface area contributed by atoms with Gasteiger partial charge in [0.05, 0.1) is 11.2 Å². The fourth-order valence-corrected chi connectivity index (χ4v) is 2.41. The van der Waals surface area contributed by atoms with Gasteiger partial charge in [0.1, 0.15) is 5.82 Å². The summed E-state index contributed by atoms with van der Waals surface area (Å²) >= 11 is 0. The second-order valence-corrected chi connectivity index (χ2v) is 5.98. The molecule has 2 N–H and O–H groups in total. The predicted molar refractivity (Wildman–Crippen MR) is 70.8 cm³/mol. The van der Waals surface area contributed by atoms with Gasteiger partial charge in [0, 0.05) is 12.6 Å². The Morgan fingerprint density at radius 1 is 1.24 bits per heavy atom. The highest BCUT2D eigenvalue weighted by atomic mass is 15.4. The average molecular weight is 236 g/mol. The molecule has 0 unspecified atom stereocenters. The van der Waals surface area contributed by atoms with Crippen molar-refractivity contribution in [2.75, 3.05) is 18.8 Å². The van der Waals surface area contributed by atoms with Crippen molar-refractivity contribution in [3.63, 3.8) is 0 Å². The molecule has 17 heavy (non-hydrogen) atoms. The Kier molecular flexibility index (Phi) is 3.43. The van der Waals surface area contributed by atoms with Crippen LogP contribution in [0, 0.1) is 0 Å². The van der Waals surface area contributed by atoms with Crippen LogP contribution in [0.25, 0.3) is 0 Å². The molecule has 0 aromatic carbocycles. The van der Waals surface area contributed by atoms with Crippen molar-refractivity contribution in [2.45, 2.75) is 52.1 Å². The van der Waals surface area contributed by atoms with E-state index in [1.807, 2.05) is 10.7 Å². The van der Waals surface area contributed by atoms with E-state index in [0.29, 0.717) is 0 Å². The van der Waals surface area contributed by atoms with E-state index in [2.05, 4.69) is 30.8 Å². The van der Waals surface area contributed by atoms with Crippen LogP contribution >= 0.6 is 0 Å². The number of nitrogens with zero attached hydrogens (tertiary/aromatic N) is 3. The van der Waals surface area contributed by atoms with Gasteiger partial charge < -0.3 is 5.73 Å². The van der Waals surface area contributed by atoms with Crippen molar-refractivity contribution < 1.29 is 0 Å². The van der Waals surface area contributed by atoms with Crippen LogP contribution in [0.1, 0.15) is 45.7 Å². The summed E-state index contributed by atoms with van der Waals surface area (Å²) in [6.45, 7) is 9.71. The summed E-state index contributed by atoms with van der Waals surface area (Å²) in [5, 5.41) is 4.63. The van der Waals surface area contributed by atoms with Crippen LogP contribution in [-0.2, 0) is 12.1 Å². The van der Waals surface area contributed by atoms with Crippen LogP contribution in [0.2, 0.25) is 0 Å². The highest BCUT2D eigenvalue weighted by Crippen LogP contribution is 2.20. The monoisotopic (exact) mass is 236 g/mol. The molecule has 1 aliphatic heterocycles. The van der Waals surface area contributed by atoms with Crippen LogP contribution in [0.4, 0.5) is 5.82 Å². The summed E-state index contributed by atoms with van der Waals surface area (Å²) < 4.78 is 1.92. The molecule has 2 heterocycles. The number of likely N-dealkylation sites (tertiary alicyclic amines) is 1. The molecule has 0 atom stereocenters. The molecule has 2 rings (SSSR count). The smallest absolute Gasteiger partial charge is 0.122 e. The van der Waals surface area contributed by atoms with Gasteiger partial charge >= 0.3 is 0 Å². The van der Waals surface area contributed by atoms with Crippen molar-refractivity contribution in [3.05, 3.63) is 11.8 Å². The van der Waals surface area contributed by atoms with Gasteiger partial charge in [-0.15, -0.1) is 0 Å². The number of piperidine rings is 1. The molecule has 4 nitrogen and oxygen atoms in total. The first kappa shape index (κ1) is 12.4. The minimum absolute atomic E-state index is 0.0375. The molecule has 0 radical (unpaired) electrons. The highest BCUT2D eigenvalue weighted by molar-refractivity contribution is 5.32. The van der Waals surface area contributed by atoms with Crippen molar-refractivity contribution in [3.8, 4) is 0 Å². The zero-order valence-electron chi connectivity index (χ0n) is 11.2. The zero-order valence-corrected chi connectivity index (χ0v) is 11.2. The molecular weight excluding hydrogens is 212 g/mol. The van der Waals surface area contributed by atoms with Crippen LogP contribution in [0.15, 0.2) is 6.07 Å². The number of nitrogen functional groups attached to an aromatic ring is 1. The van der Waals surface area contributed by atoms with E-state index < -0.39 is 0 Å². The molecule has 1 saturated heterocycles. The van der Waals surface area contributed by atoms with Crippen molar-refractivity contribution in [2.24, 2.45) is 0 Å². The van der Waals surface area contributed by atoms with Gasteiger partial charge in [-0.2, -0.15) is 5.10 Å². The molecule has 0 bridgehead atoms. The maximum atomic E-state index is 6.01. The maximum Gasteiger partial charge on any atom is 0.122 e. The third-order valence-electron chi connectivity index (χ3n) is 3.26. The molecule has 1 aromatic rings. The Morgan fingerprint density at radius 2 is 1.88 bits per heavy atom. The summed E-state index contributed by atoms with van der Waals surface area (Å²) in [6.07, 6.45) is 4.00. The lowest BCUT2D eigenvalue weighted by molar-refractivity contribution is 0.216. The number of aromatic nitrogens is 2. The Labute approximate surface area is 104 Å². The van der Waals surface area contributed by atoms with Crippen molar-refractivity contribution in [1.29, 1.82) is 0 Å². The number of anilines is 1. The molecular formula is C13H24N4. The Balaban J connectivity index is 2.06. The summed E-state index contributed by atoms with van der Waals surface area (Å²) in [4.78, 5) is 2.47. The summed E-state index contributed by atoms with van der Waals surface area (Å²) in [7, 11) is 0. The quantitative estimate of drug-likeness (QED) is 0.856. The molecule has 1 aromatic heterocycles. The SMILES string of the molecule is CC(C)(C)n1nc(CN2CCCCC2)cc1N. The molecule has 0 saturated carbocycles. The van der Waals surface area contributed by atoms with E-state index in [1.165, 1.54) is 32.4 Å². The predicted octanol–water partition coefficient (Wildman–Crippen LogP) is 2.21. The fraction of sp³-hybridized carbons (Fsp3) is 0.769. The second kappa shape index (κ2) is 4.69. The largest absolute Gasteiger partial charge is 0.384 e. The van der Waals surface area contributed by atoms with Crippen LogP contribution < -0.4 is 5.73 Å². The molecule has 4 heteroatoms. The Morgan fingerprint density at radius 3 is 2.41 bits per heavy atom. The molecule has 1 aliphatic rings. The topological polar surface area (TPSA) is 47.1 Å². The van der Waals surface area contributed by atoms with Gasteiger partial charge in [-0.1, -0.05) is 6.42 Å². The minimum atomic E-state index is -0.0375. The van der Waals surface area contributed by atoms with E-state index in [-0.39, 0.29) is 5.54 Å². The van der Waals surface area contributed by atoms with E-state index in [1.54, 1.807) is 0 Å². The average Bonchev–Trinajstić information content (AvgIpc) is 2.60. The molecule has 0 amide bonds. The van der Waals surface area contributed by atoms with E-state index >= 15 is 0 Å². The van der Waals surface area contributed by atoms with E-state index in [0.717, 1.165) is 18.1 Å². The number of rotatable bonds is 2. The Bertz CT molecular complexity index is 369. The molecule has 96 valence electrons. The van der Waals surface area contributed by atoms with Gasteiger partial charge in [-0.3, -0.25) is 4.90 Å². The zero-order chi connectivity index (χ0) is 12.5. The first-order valence-electron chi connectivity index (χ1n) is 6.54. The van der Waals surface area contributed by atoms with Crippen molar-refractivity contribution in [1.82, 2.24) is 14.7 Å². The van der Waals surface area contributed by atoms with Crippen LogP contribution in [0.5, 0.6) is 0 Å². The lowest BCUT2D eigenvalue weighted by Crippen LogP contribution is -2.29. The standard InChI is InChI=1S/C13H24N4/c1-13(2,3)17-12(14)9-11(15-17)10-16-7-5-4-6-8-16/h9H,4-8,10,14H2,1-3H3. The maximum absolute atomic E-state index is 6.01. The van der Waals surface area contributed by atoms with Gasteiger partial charge in [0.25, 0.3) is 0 Å². The highest BCUT2D eigenvalue weighted by Gasteiger charge is 2.19. The third kappa shape index (κ3) is 3.00.